The molecule has 0 amide bonds. The number of nitrogens with one attached hydrogen (secondary N) is 1. The normalized spacial score (nSPS) is 15.6. The summed E-state index contributed by atoms with van der Waals surface area (Å²) in [7, 11) is 0. The first-order valence-electron chi connectivity index (χ1n) is 6.00. The molecule has 0 fully saturated rings. The first-order chi connectivity index (χ1) is 7.54. The van der Waals surface area contributed by atoms with Gasteiger partial charge in [-0.1, -0.05) is 40.9 Å². The molecule has 0 atom stereocenters. The average molecular weight is 225 g/mol. The second-order valence-electron chi connectivity index (χ2n) is 3.97. The summed E-state index contributed by atoms with van der Waals surface area (Å²) in [5.74, 6) is 0.0476. The van der Waals surface area contributed by atoms with E-state index >= 15 is 0 Å². The Kier molecular flexibility index (Phi) is 6.98. The molecule has 0 bridgehead atoms. The van der Waals surface area contributed by atoms with Crippen LogP contribution in [0.5, 0.6) is 0 Å². The van der Waals surface area contributed by atoms with Crippen molar-refractivity contribution in [3.63, 3.8) is 0 Å². The molecule has 0 radical (unpaired) electrons. The standard InChI is InChI=1S/C12H18FN.C2H6/c1-8(2)9(3)11-5-6-14-7-12(11)10(4)13;1-2/h8,14H,3-7H2,1-2H3;1-2H3. The van der Waals surface area contributed by atoms with Gasteiger partial charge in [0, 0.05) is 12.1 Å². The Morgan fingerprint density at radius 1 is 1.25 bits per heavy atom. The topological polar surface area (TPSA) is 12.0 Å². The van der Waals surface area contributed by atoms with Gasteiger partial charge in [0.05, 0.1) is 0 Å². The molecule has 1 nitrogen and oxygen atoms in total. The third-order valence-corrected chi connectivity index (χ3v) is 2.63. The van der Waals surface area contributed by atoms with Gasteiger partial charge in [-0.3, -0.25) is 0 Å². The summed E-state index contributed by atoms with van der Waals surface area (Å²) in [6, 6.07) is 0. The van der Waals surface area contributed by atoms with E-state index in [1.54, 1.807) is 0 Å². The Bertz CT molecular complexity index is 287. The van der Waals surface area contributed by atoms with Crippen molar-refractivity contribution in [3.05, 3.63) is 35.7 Å². The van der Waals surface area contributed by atoms with Crippen molar-refractivity contribution in [1.82, 2.24) is 5.32 Å². The van der Waals surface area contributed by atoms with Gasteiger partial charge in [-0.05, 0) is 30.0 Å². The SMILES string of the molecule is C=C(F)C1=C(C(=C)C(C)C)CCNC1.CC. The van der Waals surface area contributed by atoms with Crippen molar-refractivity contribution >= 4 is 0 Å². The Labute approximate surface area is 99.1 Å². The molecular formula is C14H24FN. The van der Waals surface area contributed by atoms with Crippen LogP contribution in [0.3, 0.4) is 0 Å². The van der Waals surface area contributed by atoms with Crippen LogP contribution in [-0.2, 0) is 0 Å². The highest BCUT2D eigenvalue weighted by atomic mass is 19.1. The molecule has 0 aliphatic carbocycles. The second kappa shape index (κ2) is 7.39. The molecule has 1 aliphatic heterocycles. The van der Waals surface area contributed by atoms with Crippen LogP contribution < -0.4 is 5.32 Å². The molecule has 2 heteroatoms. The third-order valence-electron chi connectivity index (χ3n) is 2.63. The number of allylic oxidation sites excluding steroid dienone is 1. The van der Waals surface area contributed by atoms with Crippen LogP contribution in [0.4, 0.5) is 4.39 Å². The maximum absolute atomic E-state index is 13.1. The molecule has 1 rings (SSSR count). The van der Waals surface area contributed by atoms with Crippen molar-refractivity contribution in [2.45, 2.75) is 34.1 Å². The van der Waals surface area contributed by atoms with Crippen molar-refractivity contribution in [2.75, 3.05) is 13.1 Å². The molecule has 0 saturated heterocycles. The summed E-state index contributed by atoms with van der Waals surface area (Å²) in [4.78, 5) is 0. The van der Waals surface area contributed by atoms with E-state index < -0.39 is 0 Å². The van der Waals surface area contributed by atoms with Crippen LogP contribution in [-0.4, -0.2) is 13.1 Å². The maximum atomic E-state index is 13.1. The zero-order chi connectivity index (χ0) is 12.7. The van der Waals surface area contributed by atoms with E-state index in [1.165, 1.54) is 0 Å². The highest BCUT2D eigenvalue weighted by Gasteiger charge is 2.18. The monoisotopic (exact) mass is 225 g/mol. The van der Waals surface area contributed by atoms with E-state index in [2.05, 4.69) is 32.3 Å². The van der Waals surface area contributed by atoms with Crippen molar-refractivity contribution < 1.29 is 4.39 Å². The fourth-order valence-corrected chi connectivity index (χ4v) is 1.65. The van der Waals surface area contributed by atoms with Gasteiger partial charge in [-0.25, -0.2) is 4.39 Å². The zero-order valence-corrected chi connectivity index (χ0v) is 11.0. The first-order valence-corrected chi connectivity index (χ1v) is 6.00. The third kappa shape index (κ3) is 3.93. The number of rotatable bonds is 3. The summed E-state index contributed by atoms with van der Waals surface area (Å²) in [5, 5.41) is 3.14. The fourth-order valence-electron chi connectivity index (χ4n) is 1.65. The highest BCUT2D eigenvalue weighted by Crippen LogP contribution is 2.28. The zero-order valence-electron chi connectivity index (χ0n) is 11.0. The van der Waals surface area contributed by atoms with E-state index in [0.717, 1.165) is 24.1 Å². The lowest BCUT2D eigenvalue weighted by Crippen LogP contribution is -2.26. The van der Waals surface area contributed by atoms with Crippen molar-refractivity contribution in [1.29, 1.82) is 0 Å². The second-order valence-corrected chi connectivity index (χ2v) is 3.97. The molecule has 0 saturated carbocycles. The lowest BCUT2D eigenvalue weighted by Gasteiger charge is -2.23. The largest absolute Gasteiger partial charge is 0.312 e. The summed E-state index contributed by atoms with van der Waals surface area (Å²) < 4.78 is 13.1. The minimum absolute atomic E-state index is 0.325. The predicted molar refractivity (Wildman–Crippen MR) is 70.1 cm³/mol. The molecule has 0 aromatic rings. The van der Waals surface area contributed by atoms with Crippen LogP contribution in [0.15, 0.2) is 35.7 Å². The number of halogens is 1. The maximum Gasteiger partial charge on any atom is 0.120 e. The van der Waals surface area contributed by atoms with E-state index in [1.807, 2.05) is 13.8 Å². The summed E-state index contributed by atoms with van der Waals surface area (Å²) in [6.45, 7) is 17.0. The summed E-state index contributed by atoms with van der Waals surface area (Å²) in [6.07, 6.45) is 0.856. The molecule has 0 spiro atoms. The van der Waals surface area contributed by atoms with Gasteiger partial charge in [0.15, 0.2) is 0 Å². The minimum Gasteiger partial charge on any atom is -0.312 e. The van der Waals surface area contributed by atoms with Crippen molar-refractivity contribution in [2.24, 2.45) is 5.92 Å². The molecule has 0 aromatic heterocycles. The van der Waals surface area contributed by atoms with Crippen LogP contribution in [0.2, 0.25) is 0 Å². The number of hydrogen-bond donors (Lipinski definition) is 1. The molecule has 92 valence electrons. The lowest BCUT2D eigenvalue weighted by molar-refractivity contribution is 0.598. The van der Waals surface area contributed by atoms with Crippen LogP contribution in [0.1, 0.15) is 34.1 Å². The Morgan fingerprint density at radius 3 is 2.25 bits per heavy atom. The van der Waals surface area contributed by atoms with Gasteiger partial charge in [0.25, 0.3) is 0 Å². The smallest absolute Gasteiger partial charge is 0.120 e. The molecule has 1 heterocycles. The number of hydrogen-bond acceptors (Lipinski definition) is 1. The summed E-state index contributed by atoms with van der Waals surface area (Å²) >= 11 is 0. The van der Waals surface area contributed by atoms with Crippen LogP contribution >= 0.6 is 0 Å². The molecule has 0 unspecified atom stereocenters. The predicted octanol–water partition coefficient (Wildman–Crippen LogP) is 4.00. The first kappa shape index (κ1) is 15.1. The van der Waals surface area contributed by atoms with E-state index in [9.17, 15) is 4.39 Å². The van der Waals surface area contributed by atoms with Gasteiger partial charge in [-0.2, -0.15) is 0 Å². The van der Waals surface area contributed by atoms with Gasteiger partial charge in [0.2, 0.25) is 0 Å². The van der Waals surface area contributed by atoms with Gasteiger partial charge in [-0.15, -0.1) is 0 Å². The lowest BCUT2D eigenvalue weighted by atomic mass is 9.88. The molecule has 16 heavy (non-hydrogen) atoms. The summed E-state index contributed by atoms with van der Waals surface area (Å²) in [5.41, 5.74) is 2.81. The van der Waals surface area contributed by atoms with E-state index in [0.29, 0.717) is 18.0 Å². The van der Waals surface area contributed by atoms with E-state index in [4.69, 9.17) is 0 Å². The highest BCUT2D eigenvalue weighted by molar-refractivity contribution is 5.43. The van der Waals surface area contributed by atoms with Crippen LogP contribution in [0.25, 0.3) is 0 Å². The van der Waals surface area contributed by atoms with Crippen molar-refractivity contribution in [3.8, 4) is 0 Å². The minimum atomic E-state index is -0.325. The molecule has 0 aromatic carbocycles. The van der Waals surface area contributed by atoms with Gasteiger partial charge in [0.1, 0.15) is 5.83 Å². The molecule has 1 aliphatic rings. The van der Waals surface area contributed by atoms with Gasteiger partial charge < -0.3 is 5.32 Å². The van der Waals surface area contributed by atoms with Crippen LogP contribution in [0, 0.1) is 5.92 Å². The van der Waals surface area contributed by atoms with E-state index in [-0.39, 0.29) is 5.83 Å². The fraction of sp³-hybridized carbons (Fsp3) is 0.571. The quantitative estimate of drug-likeness (QED) is 0.765. The Balaban J connectivity index is 0.00000106. The Hall–Kier alpha value is -0.890. The Morgan fingerprint density at radius 2 is 1.81 bits per heavy atom. The van der Waals surface area contributed by atoms with Gasteiger partial charge >= 0.3 is 0 Å². The molecular weight excluding hydrogens is 201 g/mol. The average Bonchev–Trinajstić information content (AvgIpc) is 2.30. The molecule has 1 N–H and O–H groups in total.